The summed E-state index contributed by atoms with van der Waals surface area (Å²) in [7, 11) is 0. The van der Waals surface area contributed by atoms with Gasteiger partial charge in [-0.15, -0.1) is 0 Å². The van der Waals surface area contributed by atoms with Gasteiger partial charge in [-0.25, -0.2) is 8.78 Å². The van der Waals surface area contributed by atoms with E-state index in [1.54, 1.807) is 18.2 Å². The van der Waals surface area contributed by atoms with Crippen molar-refractivity contribution in [2.24, 2.45) is 5.73 Å². The molecule has 0 atom stereocenters. The molecule has 0 saturated heterocycles. The highest BCUT2D eigenvalue weighted by Crippen LogP contribution is 2.27. The van der Waals surface area contributed by atoms with Crippen molar-refractivity contribution >= 4 is 28.8 Å². The molecule has 104 valence electrons. The molecular weight excluding hydrogens is 304 g/mol. The minimum absolute atomic E-state index is 0.0744. The summed E-state index contributed by atoms with van der Waals surface area (Å²) in [4.78, 5) is 0.0744. The van der Waals surface area contributed by atoms with E-state index >= 15 is 0 Å². The summed E-state index contributed by atoms with van der Waals surface area (Å²) in [5.41, 5.74) is 6.04. The van der Waals surface area contributed by atoms with Crippen molar-refractivity contribution in [2.45, 2.75) is 6.61 Å². The maximum atomic E-state index is 13.5. The first-order valence-electron chi connectivity index (χ1n) is 5.64. The largest absolute Gasteiger partial charge is 0.488 e. The number of thiocarbonyl (C=S) groups is 1. The number of ether oxygens (including phenoxy) is 1. The molecule has 6 heteroatoms. The standard InChI is InChI=1S/C14H10ClF2NOS/c15-9-4-2-6-11(12(9)14(18)20)19-7-8-3-1-5-10(16)13(8)17/h1-6H,7H2,(H2,18,20). The van der Waals surface area contributed by atoms with Gasteiger partial charge in [0, 0.05) is 5.56 Å². The van der Waals surface area contributed by atoms with Gasteiger partial charge in [0.25, 0.3) is 0 Å². The fraction of sp³-hybridized carbons (Fsp3) is 0.0714. The minimum Gasteiger partial charge on any atom is -0.488 e. The number of halogens is 3. The van der Waals surface area contributed by atoms with Crippen LogP contribution in [0.5, 0.6) is 5.75 Å². The van der Waals surface area contributed by atoms with Gasteiger partial charge in [-0.1, -0.05) is 42.0 Å². The Morgan fingerprint density at radius 3 is 2.60 bits per heavy atom. The Labute approximate surface area is 125 Å². The van der Waals surface area contributed by atoms with Crippen molar-refractivity contribution in [1.29, 1.82) is 0 Å². The zero-order chi connectivity index (χ0) is 14.7. The van der Waals surface area contributed by atoms with Crippen LogP contribution >= 0.6 is 23.8 Å². The van der Waals surface area contributed by atoms with Crippen LogP contribution in [0.2, 0.25) is 5.02 Å². The number of rotatable bonds is 4. The van der Waals surface area contributed by atoms with Gasteiger partial charge in [0.2, 0.25) is 0 Å². The molecule has 0 aliphatic rings. The highest BCUT2D eigenvalue weighted by Gasteiger charge is 2.13. The van der Waals surface area contributed by atoms with Crippen LogP contribution in [0.1, 0.15) is 11.1 Å². The summed E-state index contributed by atoms with van der Waals surface area (Å²) in [6, 6.07) is 8.76. The fourth-order valence-electron chi connectivity index (χ4n) is 1.68. The van der Waals surface area contributed by atoms with Gasteiger partial charge in [0.1, 0.15) is 17.3 Å². The number of nitrogens with two attached hydrogens (primary N) is 1. The lowest BCUT2D eigenvalue weighted by molar-refractivity contribution is 0.296. The van der Waals surface area contributed by atoms with Crippen LogP contribution in [0, 0.1) is 11.6 Å². The van der Waals surface area contributed by atoms with Crippen LogP contribution in [0.4, 0.5) is 8.78 Å². The normalized spacial score (nSPS) is 10.3. The predicted octanol–water partition coefficient (Wildman–Crippen LogP) is 3.83. The topological polar surface area (TPSA) is 35.2 Å². The van der Waals surface area contributed by atoms with Gasteiger partial charge in [-0.05, 0) is 18.2 Å². The van der Waals surface area contributed by atoms with Gasteiger partial charge in [0.05, 0.1) is 10.6 Å². The number of hydrogen-bond donors (Lipinski definition) is 1. The molecule has 0 bridgehead atoms. The van der Waals surface area contributed by atoms with Crippen LogP contribution in [0.3, 0.4) is 0 Å². The van der Waals surface area contributed by atoms with E-state index in [2.05, 4.69) is 0 Å². The van der Waals surface area contributed by atoms with Crippen molar-refractivity contribution in [3.63, 3.8) is 0 Å². The summed E-state index contributed by atoms with van der Waals surface area (Å²) in [5.74, 6) is -1.54. The van der Waals surface area contributed by atoms with Crippen molar-refractivity contribution in [1.82, 2.24) is 0 Å². The molecule has 0 unspecified atom stereocenters. The third-order valence-electron chi connectivity index (χ3n) is 2.64. The van der Waals surface area contributed by atoms with E-state index in [0.29, 0.717) is 16.3 Å². The summed E-state index contributed by atoms with van der Waals surface area (Å²) in [6.07, 6.45) is 0. The highest BCUT2D eigenvalue weighted by atomic mass is 35.5. The maximum Gasteiger partial charge on any atom is 0.165 e. The average molecular weight is 314 g/mol. The molecule has 0 saturated carbocycles. The second kappa shape index (κ2) is 6.15. The van der Waals surface area contributed by atoms with Crippen molar-refractivity contribution in [3.8, 4) is 5.75 Å². The smallest absolute Gasteiger partial charge is 0.165 e. The Kier molecular flexibility index (Phi) is 4.52. The molecule has 2 aromatic carbocycles. The maximum absolute atomic E-state index is 13.5. The van der Waals surface area contributed by atoms with E-state index in [1.165, 1.54) is 12.1 Å². The Morgan fingerprint density at radius 1 is 1.20 bits per heavy atom. The third kappa shape index (κ3) is 3.05. The molecule has 0 radical (unpaired) electrons. The Hall–Kier alpha value is -1.72. The van der Waals surface area contributed by atoms with Crippen LogP contribution < -0.4 is 10.5 Å². The zero-order valence-corrected chi connectivity index (χ0v) is 11.8. The predicted molar refractivity (Wildman–Crippen MR) is 78.0 cm³/mol. The molecule has 0 amide bonds. The first kappa shape index (κ1) is 14.7. The summed E-state index contributed by atoms with van der Waals surface area (Å²) < 4.78 is 32.0. The molecule has 2 aromatic rings. The van der Waals surface area contributed by atoms with Crippen LogP contribution in [-0.4, -0.2) is 4.99 Å². The highest BCUT2D eigenvalue weighted by molar-refractivity contribution is 7.80. The Bertz CT molecular complexity index is 664. The van der Waals surface area contributed by atoms with Gasteiger partial charge >= 0.3 is 0 Å². The van der Waals surface area contributed by atoms with Crippen LogP contribution in [-0.2, 0) is 6.61 Å². The summed E-state index contributed by atoms with van der Waals surface area (Å²) >= 11 is 10.9. The van der Waals surface area contributed by atoms with E-state index in [-0.39, 0.29) is 17.2 Å². The van der Waals surface area contributed by atoms with Gasteiger partial charge in [-0.2, -0.15) is 0 Å². The summed E-state index contributed by atoms with van der Waals surface area (Å²) in [5, 5.41) is 0.342. The van der Waals surface area contributed by atoms with Gasteiger partial charge < -0.3 is 10.5 Å². The molecule has 0 fully saturated rings. The molecular formula is C14H10ClF2NOS. The van der Waals surface area contributed by atoms with E-state index in [0.717, 1.165) is 6.07 Å². The second-order valence-corrected chi connectivity index (χ2v) is 4.83. The molecule has 0 aliphatic heterocycles. The average Bonchev–Trinajstić information content (AvgIpc) is 2.40. The zero-order valence-electron chi connectivity index (χ0n) is 10.2. The Balaban J connectivity index is 2.26. The molecule has 0 spiro atoms. The van der Waals surface area contributed by atoms with E-state index in [4.69, 9.17) is 34.3 Å². The monoisotopic (exact) mass is 313 g/mol. The first-order chi connectivity index (χ1) is 9.50. The second-order valence-electron chi connectivity index (χ2n) is 3.98. The van der Waals surface area contributed by atoms with Crippen LogP contribution in [0.25, 0.3) is 0 Å². The third-order valence-corrected chi connectivity index (χ3v) is 3.16. The molecule has 2 nitrogen and oxygen atoms in total. The molecule has 0 heterocycles. The lowest BCUT2D eigenvalue weighted by Gasteiger charge is -2.12. The van der Waals surface area contributed by atoms with Crippen LogP contribution in [0.15, 0.2) is 36.4 Å². The lowest BCUT2D eigenvalue weighted by atomic mass is 10.2. The SMILES string of the molecule is NC(=S)c1c(Cl)cccc1OCc1cccc(F)c1F. The lowest BCUT2D eigenvalue weighted by Crippen LogP contribution is -2.12. The minimum atomic E-state index is -0.939. The number of hydrogen-bond acceptors (Lipinski definition) is 2. The summed E-state index contributed by atoms with van der Waals surface area (Å²) in [6.45, 7) is -0.153. The van der Waals surface area contributed by atoms with Crippen molar-refractivity contribution in [2.75, 3.05) is 0 Å². The molecule has 2 N–H and O–H groups in total. The molecule has 20 heavy (non-hydrogen) atoms. The fourth-order valence-corrected chi connectivity index (χ4v) is 2.21. The van der Waals surface area contributed by atoms with E-state index < -0.39 is 11.6 Å². The van der Waals surface area contributed by atoms with Gasteiger partial charge in [0.15, 0.2) is 11.6 Å². The van der Waals surface area contributed by atoms with Crippen molar-refractivity contribution < 1.29 is 13.5 Å². The van der Waals surface area contributed by atoms with Crippen molar-refractivity contribution in [3.05, 3.63) is 64.2 Å². The first-order valence-corrected chi connectivity index (χ1v) is 6.43. The number of benzene rings is 2. The molecule has 0 aliphatic carbocycles. The van der Waals surface area contributed by atoms with E-state index in [1.807, 2.05) is 0 Å². The van der Waals surface area contributed by atoms with E-state index in [9.17, 15) is 8.78 Å². The molecule has 0 aromatic heterocycles. The molecule has 2 rings (SSSR count). The van der Waals surface area contributed by atoms with Gasteiger partial charge in [-0.3, -0.25) is 0 Å². The Morgan fingerprint density at radius 2 is 1.90 bits per heavy atom. The quantitative estimate of drug-likeness (QED) is 0.871.